The fraction of sp³-hybridized carbons (Fsp3) is 0.250. The third-order valence-electron chi connectivity index (χ3n) is 3.74. The lowest BCUT2D eigenvalue weighted by Crippen LogP contribution is -2.31. The Balaban J connectivity index is 1.92. The number of nitrogens with zero attached hydrogens (tertiary/aromatic N) is 2. The van der Waals surface area contributed by atoms with E-state index in [-0.39, 0.29) is 17.5 Å². The molecule has 0 saturated carbocycles. The molecular formula is C16H14BrFN2O. The van der Waals surface area contributed by atoms with Crippen LogP contribution < -0.4 is 0 Å². The molecule has 21 heavy (non-hydrogen) atoms. The number of amides is 1. The van der Waals surface area contributed by atoms with E-state index in [9.17, 15) is 9.18 Å². The molecule has 1 saturated heterocycles. The zero-order valence-corrected chi connectivity index (χ0v) is 12.9. The summed E-state index contributed by atoms with van der Waals surface area (Å²) in [6, 6.07) is 8.23. The zero-order valence-electron chi connectivity index (χ0n) is 11.3. The minimum atomic E-state index is -0.486. The van der Waals surface area contributed by atoms with Crippen molar-refractivity contribution >= 4 is 21.8 Å². The Bertz CT molecular complexity index is 663. The predicted molar refractivity (Wildman–Crippen MR) is 81.3 cm³/mol. The van der Waals surface area contributed by atoms with Crippen molar-refractivity contribution in [3.8, 4) is 0 Å². The molecule has 3 rings (SSSR count). The Morgan fingerprint density at radius 2 is 2.24 bits per heavy atom. The number of hydrogen-bond donors (Lipinski definition) is 0. The summed E-state index contributed by atoms with van der Waals surface area (Å²) in [5.41, 5.74) is 1.11. The van der Waals surface area contributed by atoms with Gasteiger partial charge in [0.2, 0.25) is 0 Å². The molecule has 2 aromatic rings. The van der Waals surface area contributed by atoms with Gasteiger partial charge in [-0.1, -0.05) is 22.0 Å². The highest BCUT2D eigenvalue weighted by molar-refractivity contribution is 9.10. The van der Waals surface area contributed by atoms with Crippen LogP contribution in [0.2, 0.25) is 0 Å². The average Bonchev–Trinajstić information content (AvgIpc) is 2.99. The van der Waals surface area contributed by atoms with Crippen LogP contribution >= 0.6 is 15.9 Å². The summed E-state index contributed by atoms with van der Waals surface area (Å²) >= 11 is 3.29. The van der Waals surface area contributed by atoms with Crippen molar-refractivity contribution < 1.29 is 9.18 Å². The normalized spacial score (nSPS) is 18.0. The monoisotopic (exact) mass is 348 g/mol. The van der Waals surface area contributed by atoms with Gasteiger partial charge in [0, 0.05) is 23.4 Å². The van der Waals surface area contributed by atoms with Crippen molar-refractivity contribution in [2.45, 2.75) is 18.9 Å². The molecule has 0 bridgehead atoms. The summed E-state index contributed by atoms with van der Waals surface area (Å²) in [4.78, 5) is 18.5. The van der Waals surface area contributed by atoms with Crippen molar-refractivity contribution in [3.05, 3.63) is 64.1 Å². The van der Waals surface area contributed by atoms with Crippen LogP contribution in [0.15, 0.2) is 47.2 Å². The third-order valence-corrected chi connectivity index (χ3v) is 4.23. The Hall–Kier alpha value is -1.75. The van der Waals surface area contributed by atoms with Crippen molar-refractivity contribution in [1.29, 1.82) is 0 Å². The minimum Gasteiger partial charge on any atom is -0.331 e. The summed E-state index contributed by atoms with van der Waals surface area (Å²) in [5.74, 6) is -0.750. The standard InChI is InChI=1S/C16H14BrFN2O/c17-12-5-6-14(18)13(9-12)16(21)20-8-2-4-15(20)11-3-1-7-19-10-11/h1,3,5-7,9-10,15H,2,4,8H2. The second kappa shape index (κ2) is 5.93. The van der Waals surface area contributed by atoms with Crippen LogP contribution in [0, 0.1) is 5.82 Å². The van der Waals surface area contributed by atoms with Crippen molar-refractivity contribution in [1.82, 2.24) is 9.88 Å². The molecule has 1 aliphatic rings. The van der Waals surface area contributed by atoms with Crippen LogP contribution in [0.3, 0.4) is 0 Å². The van der Waals surface area contributed by atoms with Crippen LogP contribution in [0.5, 0.6) is 0 Å². The van der Waals surface area contributed by atoms with E-state index in [0.29, 0.717) is 11.0 Å². The number of carbonyl (C=O) groups is 1. The van der Waals surface area contributed by atoms with Gasteiger partial charge in [-0.25, -0.2) is 4.39 Å². The van der Waals surface area contributed by atoms with Gasteiger partial charge in [-0.15, -0.1) is 0 Å². The van der Waals surface area contributed by atoms with E-state index in [1.165, 1.54) is 12.1 Å². The molecular weight excluding hydrogens is 335 g/mol. The van der Waals surface area contributed by atoms with Gasteiger partial charge in [0.1, 0.15) is 5.82 Å². The molecule has 108 valence electrons. The summed E-state index contributed by atoms with van der Waals surface area (Å²) in [7, 11) is 0. The van der Waals surface area contributed by atoms with E-state index in [0.717, 1.165) is 18.4 Å². The highest BCUT2D eigenvalue weighted by Gasteiger charge is 2.31. The molecule has 0 N–H and O–H groups in total. The van der Waals surface area contributed by atoms with Gasteiger partial charge in [0.05, 0.1) is 11.6 Å². The average molecular weight is 349 g/mol. The van der Waals surface area contributed by atoms with Crippen LogP contribution in [-0.2, 0) is 0 Å². The second-order valence-corrected chi connectivity index (χ2v) is 5.98. The lowest BCUT2D eigenvalue weighted by Gasteiger charge is -2.25. The maximum Gasteiger partial charge on any atom is 0.257 e. The zero-order chi connectivity index (χ0) is 14.8. The first-order chi connectivity index (χ1) is 10.2. The van der Waals surface area contributed by atoms with Gasteiger partial charge in [0.15, 0.2) is 0 Å². The van der Waals surface area contributed by atoms with Gasteiger partial charge < -0.3 is 4.90 Å². The minimum absolute atomic E-state index is 0.0235. The van der Waals surface area contributed by atoms with Gasteiger partial charge in [-0.2, -0.15) is 0 Å². The summed E-state index contributed by atoms with van der Waals surface area (Å²) in [5, 5.41) is 0. The first-order valence-corrected chi connectivity index (χ1v) is 7.62. The third kappa shape index (κ3) is 2.83. The van der Waals surface area contributed by atoms with E-state index in [4.69, 9.17) is 0 Å². The van der Waals surface area contributed by atoms with Crippen LogP contribution in [0.25, 0.3) is 0 Å². The molecule has 0 spiro atoms. The maximum absolute atomic E-state index is 13.9. The molecule has 0 aliphatic carbocycles. The number of likely N-dealkylation sites (tertiary alicyclic amines) is 1. The molecule has 3 nitrogen and oxygen atoms in total. The number of benzene rings is 1. The quantitative estimate of drug-likeness (QED) is 0.822. The summed E-state index contributed by atoms with van der Waals surface area (Å²) in [6.07, 6.45) is 5.28. The van der Waals surface area contributed by atoms with Gasteiger partial charge >= 0.3 is 0 Å². The molecule has 1 aromatic heterocycles. The highest BCUT2D eigenvalue weighted by Crippen LogP contribution is 2.33. The molecule has 1 unspecified atom stereocenters. The molecule has 1 fully saturated rings. The van der Waals surface area contributed by atoms with E-state index in [2.05, 4.69) is 20.9 Å². The summed E-state index contributed by atoms with van der Waals surface area (Å²) < 4.78 is 14.6. The Morgan fingerprint density at radius 3 is 3.00 bits per heavy atom. The first-order valence-electron chi connectivity index (χ1n) is 6.83. The molecule has 1 aromatic carbocycles. The Kier molecular flexibility index (Phi) is 4.01. The molecule has 1 aliphatic heterocycles. The summed E-state index contributed by atoms with van der Waals surface area (Å²) in [6.45, 7) is 0.643. The van der Waals surface area contributed by atoms with E-state index >= 15 is 0 Å². The fourth-order valence-corrected chi connectivity index (χ4v) is 3.11. The molecule has 0 radical (unpaired) electrons. The van der Waals surface area contributed by atoms with Crippen molar-refractivity contribution in [2.24, 2.45) is 0 Å². The van der Waals surface area contributed by atoms with Crippen LogP contribution in [0.1, 0.15) is 34.8 Å². The topological polar surface area (TPSA) is 33.2 Å². The number of carbonyl (C=O) groups excluding carboxylic acids is 1. The number of aromatic nitrogens is 1. The fourth-order valence-electron chi connectivity index (χ4n) is 2.75. The number of pyridine rings is 1. The predicted octanol–water partition coefficient (Wildman–Crippen LogP) is 3.96. The van der Waals surface area contributed by atoms with Crippen molar-refractivity contribution in [2.75, 3.05) is 6.54 Å². The SMILES string of the molecule is O=C(c1cc(Br)ccc1F)N1CCCC1c1cccnc1. The molecule has 1 atom stereocenters. The van der Waals surface area contributed by atoms with Gasteiger partial charge in [-0.05, 0) is 42.7 Å². The van der Waals surface area contributed by atoms with Gasteiger partial charge in [-0.3, -0.25) is 9.78 Å². The molecule has 1 amide bonds. The number of rotatable bonds is 2. The lowest BCUT2D eigenvalue weighted by molar-refractivity contribution is 0.0730. The van der Waals surface area contributed by atoms with Crippen LogP contribution in [-0.4, -0.2) is 22.3 Å². The largest absolute Gasteiger partial charge is 0.331 e. The Labute approximate surface area is 130 Å². The smallest absolute Gasteiger partial charge is 0.257 e. The first kappa shape index (κ1) is 14.2. The van der Waals surface area contributed by atoms with E-state index in [1.807, 2.05) is 12.1 Å². The highest BCUT2D eigenvalue weighted by atomic mass is 79.9. The maximum atomic E-state index is 13.9. The lowest BCUT2D eigenvalue weighted by atomic mass is 10.1. The molecule has 2 heterocycles. The van der Waals surface area contributed by atoms with Gasteiger partial charge in [0.25, 0.3) is 5.91 Å². The molecule has 5 heteroatoms. The number of hydrogen-bond acceptors (Lipinski definition) is 2. The Morgan fingerprint density at radius 1 is 1.38 bits per heavy atom. The van der Waals surface area contributed by atoms with E-state index in [1.54, 1.807) is 23.4 Å². The van der Waals surface area contributed by atoms with E-state index < -0.39 is 5.82 Å². The second-order valence-electron chi connectivity index (χ2n) is 5.07. The number of halogens is 2. The van der Waals surface area contributed by atoms with Crippen LogP contribution in [0.4, 0.5) is 4.39 Å². The van der Waals surface area contributed by atoms with Crippen molar-refractivity contribution in [3.63, 3.8) is 0 Å².